The molecule has 134 valence electrons. The molecule has 7 heteroatoms. The largest absolute Gasteiger partial charge is 0.440 e. The summed E-state index contributed by atoms with van der Waals surface area (Å²) in [5.74, 6) is 1.94. The summed E-state index contributed by atoms with van der Waals surface area (Å²) < 4.78 is 5.76. The molecule has 1 amide bonds. The summed E-state index contributed by atoms with van der Waals surface area (Å²) in [4.78, 5) is 16.4. The second-order valence-electron chi connectivity index (χ2n) is 6.12. The van der Waals surface area contributed by atoms with Gasteiger partial charge in [-0.05, 0) is 50.6 Å². The Balaban J connectivity index is 1.46. The average molecular weight is 380 g/mol. The third-order valence-electron chi connectivity index (χ3n) is 4.19. The van der Waals surface area contributed by atoms with Crippen LogP contribution < -0.4 is 10.6 Å². The van der Waals surface area contributed by atoms with E-state index in [9.17, 15) is 4.79 Å². The van der Waals surface area contributed by atoms with Gasteiger partial charge in [-0.1, -0.05) is 11.6 Å². The fourth-order valence-corrected chi connectivity index (χ4v) is 3.58. The Hall–Kier alpha value is -1.50. The number of amides is 1. The molecule has 1 fully saturated rings. The number of halogens is 1. The van der Waals surface area contributed by atoms with E-state index in [0.717, 1.165) is 18.5 Å². The fourth-order valence-electron chi connectivity index (χ4n) is 2.70. The molecule has 0 aliphatic carbocycles. The Morgan fingerprint density at radius 2 is 2.28 bits per heavy atom. The first-order chi connectivity index (χ1) is 12.1. The van der Waals surface area contributed by atoms with E-state index in [1.807, 2.05) is 31.2 Å². The minimum absolute atomic E-state index is 0.0585. The van der Waals surface area contributed by atoms with E-state index >= 15 is 0 Å². The molecule has 2 aromatic rings. The van der Waals surface area contributed by atoms with Gasteiger partial charge >= 0.3 is 0 Å². The minimum Gasteiger partial charge on any atom is -0.440 e. The molecule has 1 aromatic carbocycles. The molecule has 1 saturated heterocycles. The van der Waals surface area contributed by atoms with Crippen LogP contribution in [0.2, 0.25) is 5.02 Å². The highest BCUT2D eigenvalue weighted by atomic mass is 35.5. The van der Waals surface area contributed by atoms with Crippen LogP contribution in [0.4, 0.5) is 0 Å². The number of thioether (sulfide) groups is 1. The third kappa shape index (κ3) is 5.23. The molecule has 2 atom stereocenters. The lowest BCUT2D eigenvalue weighted by Crippen LogP contribution is -2.40. The van der Waals surface area contributed by atoms with Gasteiger partial charge < -0.3 is 15.1 Å². The number of rotatable bonds is 7. The first kappa shape index (κ1) is 18.3. The van der Waals surface area contributed by atoms with Gasteiger partial charge in [-0.3, -0.25) is 4.79 Å². The van der Waals surface area contributed by atoms with Crippen molar-refractivity contribution in [2.24, 2.45) is 0 Å². The molecule has 1 aromatic heterocycles. The Morgan fingerprint density at radius 3 is 3.00 bits per heavy atom. The Kier molecular flexibility index (Phi) is 6.39. The molecule has 2 N–H and O–H groups in total. The molecule has 0 bridgehead atoms. The molecular formula is C18H22ClN3O2S. The number of aromatic nitrogens is 1. The maximum absolute atomic E-state index is 12.2. The van der Waals surface area contributed by atoms with Gasteiger partial charge in [0.05, 0.1) is 17.2 Å². The van der Waals surface area contributed by atoms with Gasteiger partial charge in [0.2, 0.25) is 11.8 Å². The van der Waals surface area contributed by atoms with Crippen molar-refractivity contribution in [3.63, 3.8) is 0 Å². The number of hydrogen-bond acceptors (Lipinski definition) is 5. The number of carbonyl (C=O) groups excluding carboxylic acids is 1. The molecule has 25 heavy (non-hydrogen) atoms. The van der Waals surface area contributed by atoms with Gasteiger partial charge in [-0.2, -0.15) is 0 Å². The average Bonchev–Trinajstić information content (AvgIpc) is 3.30. The highest BCUT2D eigenvalue weighted by molar-refractivity contribution is 7.99. The van der Waals surface area contributed by atoms with Gasteiger partial charge in [0.15, 0.2) is 5.76 Å². The van der Waals surface area contributed by atoms with Gasteiger partial charge in [0, 0.05) is 23.2 Å². The molecule has 3 rings (SSSR count). The molecule has 5 nitrogen and oxygen atoms in total. The molecule has 0 spiro atoms. The van der Waals surface area contributed by atoms with Crippen LogP contribution in [0.15, 0.2) is 34.9 Å². The lowest BCUT2D eigenvalue weighted by Gasteiger charge is -2.14. The maximum atomic E-state index is 12.2. The normalized spacial score (nSPS) is 18.2. The molecule has 1 aliphatic rings. The van der Waals surface area contributed by atoms with E-state index in [1.165, 1.54) is 18.2 Å². The molecule has 1 aliphatic heterocycles. The lowest BCUT2D eigenvalue weighted by molar-refractivity contribution is -0.120. The smallest absolute Gasteiger partial charge is 0.232 e. The van der Waals surface area contributed by atoms with Crippen molar-refractivity contribution in [3.05, 3.63) is 41.4 Å². The van der Waals surface area contributed by atoms with Gasteiger partial charge in [0.25, 0.3) is 0 Å². The first-order valence-corrected chi connectivity index (χ1v) is 9.88. The minimum atomic E-state index is -0.146. The van der Waals surface area contributed by atoms with Crippen molar-refractivity contribution in [3.8, 4) is 11.3 Å². The van der Waals surface area contributed by atoms with E-state index < -0.39 is 0 Å². The van der Waals surface area contributed by atoms with Crippen LogP contribution >= 0.6 is 23.4 Å². The lowest BCUT2D eigenvalue weighted by atomic mass is 10.2. The zero-order valence-electron chi connectivity index (χ0n) is 14.1. The SMILES string of the molecule is CC(SCc1ncc(-c2ccc(Cl)cc2)o1)C(=O)NCC1CCCN1. The van der Waals surface area contributed by atoms with Crippen molar-refractivity contribution < 1.29 is 9.21 Å². The van der Waals surface area contributed by atoms with Crippen LogP contribution in [0.5, 0.6) is 0 Å². The highest BCUT2D eigenvalue weighted by Crippen LogP contribution is 2.25. The van der Waals surface area contributed by atoms with E-state index in [1.54, 1.807) is 6.20 Å². The van der Waals surface area contributed by atoms with Crippen molar-refractivity contribution in [2.75, 3.05) is 13.1 Å². The van der Waals surface area contributed by atoms with Crippen molar-refractivity contribution >= 4 is 29.3 Å². The second-order valence-corrected chi connectivity index (χ2v) is 7.88. The van der Waals surface area contributed by atoms with Crippen LogP contribution in [0, 0.1) is 0 Å². The third-order valence-corrected chi connectivity index (χ3v) is 5.57. The first-order valence-electron chi connectivity index (χ1n) is 8.45. The van der Waals surface area contributed by atoms with E-state index in [0.29, 0.717) is 35.0 Å². The predicted octanol–water partition coefficient (Wildman–Crippen LogP) is 3.48. The number of nitrogens with zero attached hydrogens (tertiary/aromatic N) is 1. The predicted molar refractivity (Wildman–Crippen MR) is 102 cm³/mol. The van der Waals surface area contributed by atoms with Crippen molar-refractivity contribution in [1.82, 2.24) is 15.6 Å². The summed E-state index contributed by atoms with van der Waals surface area (Å²) in [6, 6.07) is 7.84. The molecule has 2 unspecified atom stereocenters. The Bertz CT molecular complexity index is 699. The Labute approximate surface area is 156 Å². The summed E-state index contributed by atoms with van der Waals surface area (Å²) >= 11 is 7.42. The van der Waals surface area contributed by atoms with E-state index in [2.05, 4.69) is 15.6 Å². The van der Waals surface area contributed by atoms with Crippen LogP contribution in [-0.4, -0.2) is 35.3 Å². The topological polar surface area (TPSA) is 67.2 Å². The summed E-state index contributed by atoms with van der Waals surface area (Å²) in [5, 5.41) is 6.93. The number of benzene rings is 1. The summed E-state index contributed by atoms with van der Waals surface area (Å²) in [6.07, 6.45) is 4.02. The molecule has 0 saturated carbocycles. The van der Waals surface area contributed by atoms with Crippen LogP contribution in [0.1, 0.15) is 25.7 Å². The monoisotopic (exact) mass is 379 g/mol. The molecule has 2 heterocycles. The van der Waals surface area contributed by atoms with Crippen LogP contribution in [-0.2, 0) is 10.5 Å². The van der Waals surface area contributed by atoms with Gasteiger partial charge in [-0.15, -0.1) is 11.8 Å². The Morgan fingerprint density at radius 1 is 1.48 bits per heavy atom. The van der Waals surface area contributed by atoms with Gasteiger partial charge in [-0.25, -0.2) is 4.98 Å². The summed E-state index contributed by atoms with van der Waals surface area (Å²) in [7, 11) is 0. The highest BCUT2D eigenvalue weighted by Gasteiger charge is 2.18. The fraction of sp³-hybridized carbons (Fsp3) is 0.444. The maximum Gasteiger partial charge on any atom is 0.232 e. The number of oxazole rings is 1. The van der Waals surface area contributed by atoms with Crippen molar-refractivity contribution in [1.29, 1.82) is 0 Å². The summed E-state index contributed by atoms with van der Waals surface area (Å²) in [5.41, 5.74) is 0.933. The van der Waals surface area contributed by atoms with E-state index in [4.69, 9.17) is 16.0 Å². The molecular weight excluding hydrogens is 358 g/mol. The van der Waals surface area contributed by atoms with Crippen LogP contribution in [0.3, 0.4) is 0 Å². The zero-order chi connectivity index (χ0) is 17.6. The number of carbonyl (C=O) groups is 1. The summed E-state index contributed by atoms with van der Waals surface area (Å²) in [6.45, 7) is 3.65. The van der Waals surface area contributed by atoms with E-state index in [-0.39, 0.29) is 11.2 Å². The number of nitrogens with one attached hydrogen (secondary N) is 2. The van der Waals surface area contributed by atoms with Gasteiger partial charge in [0.1, 0.15) is 0 Å². The quantitative estimate of drug-likeness (QED) is 0.770. The number of hydrogen-bond donors (Lipinski definition) is 2. The zero-order valence-corrected chi connectivity index (χ0v) is 15.7. The van der Waals surface area contributed by atoms with Crippen LogP contribution in [0.25, 0.3) is 11.3 Å². The van der Waals surface area contributed by atoms with Crippen molar-refractivity contribution in [2.45, 2.75) is 36.8 Å². The second kappa shape index (κ2) is 8.74. The molecule has 0 radical (unpaired) electrons. The standard InChI is InChI=1S/C18H22ClN3O2S/c1-12(18(23)22-9-15-3-2-8-20-15)25-11-17-21-10-16(24-17)13-4-6-14(19)7-5-13/h4-7,10,12,15,20H,2-3,8-9,11H2,1H3,(H,22,23).